The van der Waals surface area contributed by atoms with Crippen molar-refractivity contribution in [3.63, 3.8) is 0 Å². The van der Waals surface area contributed by atoms with E-state index < -0.39 is 25.7 Å². The number of alkyl halides is 2. The van der Waals surface area contributed by atoms with E-state index in [1.807, 2.05) is 30.3 Å². The Kier molecular flexibility index (Phi) is 7.43. The molecule has 0 N–H and O–H groups in total. The Balaban J connectivity index is 1.83. The number of pyridine rings is 1. The fourth-order valence-electron chi connectivity index (χ4n) is 2.77. The van der Waals surface area contributed by atoms with Crippen LogP contribution in [0, 0.1) is 0 Å². The number of fused-ring (bicyclic) bond motifs is 1. The number of esters is 1. The lowest BCUT2D eigenvalue weighted by molar-refractivity contribution is 0.0473. The lowest BCUT2D eigenvalue weighted by Gasteiger charge is -2.24. The van der Waals surface area contributed by atoms with Crippen LogP contribution >= 0.6 is 8.38 Å². The number of hydrogen-bond acceptors (Lipinski definition) is 5. The van der Waals surface area contributed by atoms with Crippen LogP contribution in [-0.2, 0) is 26.1 Å². The van der Waals surface area contributed by atoms with E-state index in [0.29, 0.717) is 10.8 Å². The van der Waals surface area contributed by atoms with Crippen LogP contribution in [0.2, 0.25) is 0 Å². The number of benzene rings is 2. The molecule has 3 rings (SSSR count). The maximum absolute atomic E-state index is 14.9. The molecule has 0 saturated heterocycles. The minimum atomic E-state index is -3.39. The third-order valence-electron chi connectivity index (χ3n) is 4.20. The predicted molar refractivity (Wildman–Crippen MR) is 111 cm³/mol. The first-order valence-corrected chi connectivity index (χ1v) is 10.7. The van der Waals surface area contributed by atoms with Crippen molar-refractivity contribution in [2.75, 3.05) is 13.2 Å². The molecule has 0 amide bonds. The smallest absolute Gasteiger partial charge is 0.356 e. The van der Waals surface area contributed by atoms with Crippen molar-refractivity contribution in [2.24, 2.45) is 0 Å². The summed E-state index contributed by atoms with van der Waals surface area (Å²) in [5.74, 6) is -0.531. The molecule has 0 radical (unpaired) electrons. The lowest BCUT2D eigenvalue weighted by atomic mass is 10.1. The molecule has 0 bridgehead atoms. The van der Waals surface area contributed by atoms with Crippen molar-refractivity contribution in [3.8, 4) is 0 Å². The molecule has 0 atom stereocenters. The molecular formula is C22H22F2NO4P. The molecule has 1 aromatic heterocycles. The van der Waals surface area contributed by atoms with E-state index in [1.54, 1.807) is 26.0 Å². The van der Waals surface area contributed by atoms with Gasteiger partial charge in [0.15, 0.2) is 0 Å². The van der Waals surface area contributed by atoms with Crippen molar-refractivity contribution in [2.45, 2.75) is 26.1 Å². The summed E-state index contributed by atoms with van der Waals surface area (Å²) in [6, 6.07) is 15.3. The number of ether oxygens (including phenoxy) is 1. The first-order chi connectivity index (χ1) is 14.5. The fourth-order valence-corrected chi connectivity index (χ4v) is 3.94. The molecule has 8 heteroatoms. The van der Waals surface area contributed by atoms with Crippen LogP contribution in [0.5, 0.6) is 0 Å². The number of carbonyl (C=O) groups is 1. The van der Waals surface area contributed by atoms with Gasteiger partial charge < -0.3 is 13.8 Å². The molecule has 30 heavy (non-hydrogen) atoms. The summed E-state index contributed by atoms with van der Waals surface area (Å²) in [5.41, 5.74) is -2.72. The Morgan fingerprint density at radius 2 is 1.70 bits per heavy atom. The first-order valence-electron chi connectivity index (χ1n) is 9.51. The molecule has 158 valence electrons. The largest absolute Gasteiger partial charge is 0.457 e. The summed E-state index contributed by atoms with van der Waals surface area (Å²) < 4.78 is 45.4. The van der Waals surface area contributed by atoms with Gasteiger partial charge in [-0.15, -0.1) is 0 Å². The minimum absolute atomic E-state index is 0.103. The third-order valence-corrected chi connectivity index (χ3v) is 5.87. The van der Waals surface area contributed by atoms with Crippen LogP contribution in [0.4, 0.5) is 8.78 Å². The highest BCUT2D eigenvalue weighted by atomic mass is 31.2. The number of rotatable bonds is 9. The third kappa shape index (κ3) is 5.17. The molecule has 3 aromatic rings. The molecule has 0 saturated carbocycles. The van der Waals surface area contributed by atoms with Crippen molar-refractivity contribution < 1.29 is 27.4 Å². The summed E-state index contributed by atoms with van der Waals surface area (Å²) in [4.78, 5) is 16.3. The average molecular weight is 433 g/mol. The molecule has 0 aliphatic carbocycles. The van der Waals surface area contributed by atoms with Gasteiger partial charge in [0.25, 0.3) is 8.38 Å². The van der Waals surface area contributed by atoms with Gasteiger partial charge in [-0.3, -0.25) is 4.98 Å². The van der Waals surface area contributed by atoms with E-state index in [0.717, 1.165) is 5.56 Å². The van der Waals surface area contributed by atoms with Gasteiger partial charge in [-0.25, -0.2) is 4.79 Å². The fraction of sp³-hybridized carbons (Fsp3) is 0.273. The number of halogens is 2. The van der Waals surface area contributed by atoms with Crippen LogP contribution in [0.1, 0.15) is 35.5 Å². The standard InChI is InChI=1S/C22H22F2NO4P/c1-3-28-30(29-4-2)22(23,24)20-13-19-12-17(10-11-18(19)14-25-20)21(26)27-15-16-8-6-5-7-9-16/h5-14H,3-4,15H2,1-2H3. The maximum Gasteiger partial charge on any atom is 0.356 e. The van der Waals surface area contributed by atoms with E-state index in [-0.39, 0.29) is 25.4 Å². The Morgan fingerprint density at radius 1 is 1.00 bits per heavy atom. The van der Waals surface area contributed by atoms with Gasteiger partial charge in [0.05, 0.1) is 18.8 Å². The summed E-state index contributed by atoms with van der Waals surface area (Å²) in [6.45, 7) is 3.60. The molecular weight excluding hydrogens is 411 g/mol. The average Bonchev–Trinajstić information content (AvgIpc) is 2.77. The summed E-state index contributed by atoms with van der Waals surface area (Å²) in [7, 11) is -2.47. The molecule has 0 aliphatic heterocycles. The molecule has 5 nitrogen and oxygen atoms in total. The van der Waals surface area contributed by atoms with E-state index in [4.69, 9.17) is 13.8 Å². The van der Waals surface area contributed by atoms with Crippen molar-refractivity contribution in [1.82, 2.24) is 4.98 Å². The lowest BCUT2D eigenvalue weighted by Crippen LogP contribution is -2.16. The van der Waals surface area contributed by atoms with Crippen molar-refractivity contribution in [3.05, 3.63) is 77.6 Å². The SMILES string of the molecule is CCOP(OCC)C(F)(F)c1cc2cc(C(=O)OCc3ccccc3)ccc2cn1. The number of nitrogens with zero attached hydrogens (tertiary/aromatic N) is 1. The summed E-state index contributed by atoms with van der Waals surface area (Å²) in [5, 5.41) is 1.09. The summed E-state index contributed by atoms with van der Waals surface area (Å²) >= 11 is 0. The highest BCUT2D eigenvalue weighted by Crippen LogP contribution is 2.59. The zero-order valence-corrected chi connectivity index (χ0v) is 17.6. The van der Waals surface area contributed by atoms with E-state index in [1.165, 1.54) is 18.3 Å². The van der Waals surface area contributed by atoms with E-state index in [9.17, 15) is 13.6 Å². The second kappa shape index (κ2) is 10.0. The first kappa shape index (κ1) is 22.2. The van der Waals surface area contributed by atoms with Crippen LogP contribution in [0.3, 0.4) is 0 Å². The van der Waals surface area contributed by atoms with Crippen LogP contribution in [-0.4, -0.2) is 24.2 Å². The van der Waals surface area contributed by atoms with Gasteiger partial charge in [-0.1, -0.05) is 36.4 Å². The molecule has 0 spiro atoms. The molecule has 0 aliphatic rings. The zero-order chi connectivity index (χ0) is 21.6. The van der Waals surface area contributed by atoms with E-state index >= 15 is 0 Å². The van der Waals surface area contributed by atoms with Gasteiger partial charge >= 0.3 is 11.6 Å². The normalized spacial score (nSPS) is 11.8. The van der Waals surface area contributed by atoms with Gasteiger partial charge in [0.2, 0.25) is 0 Å². The Bertz CT molecular complexity index is 995. The van der Waals surface area contributed by atoms with Crippen LogP contribution < -0.4 is 0 Å². The molecule has 2 aromatic carbocycles. The number of aromatic nitrogens is 1. The van der Waals surface area contributed by atoms with E-state index in [2.05, 4.69) is 4.98 Å². The zero-order valence-electron chi connectivity index (χ0n) is 16.7. The highest BCUT2D eigenvalue weighted by molar-refractivity contribution is 7.48. The van der Waals surface area contributed by atoms with Gasteiger partial charge in [-0.05, 0) is 43.0 Å². The Morgan fingerprint density at radius 3 is 2.37 bits per heavy atom. The number of carbonyl (C=O) groups excluding carboxylic acids is 1. The van der Waals surface area contributed by atoms with Gasteiger partial charge in [-0.2, -0.15) is 8.78 Å². The van der Waals surface area contributed by atoms with Crippen molar-refractivity contribution in [1.29, 1.82) is 0 Å². The Labute approximate surface area is 174 Å². The second-order valence-electron chi connectivity index (χ2n) is 6.33. The highest BCUT2D eigenvalue weighted by Gasteiger charge is 2.46. The maximum atomic E-state index is 14.9. The number of hydrogen-bond donors (Lipinski definition) is 0. The predicted octanol–water partition coefficient (Wildman–Crippen LogP) is 6.03. The molecule has 1 heterocycles. The van der Waals surface area contributed by atoms with Crippen LogP contribution in [0.15, 0.2) is 60.8 Å². The van der Waals surface area contributed by atoms with Crippen LogP contribution in [0.25, 0.3) is 10.8 Å². The quantitative estimate of drug-likeness (QED) is 0.305. The topological polar surface area (TPSA) is 57.7 Å². The Hall–Kier alpha value is -2.47. The molecule has 0 fully saturated rings. The molecule has 0 unspecified atom stereocenters. The van der Waals surface area contributed by atoms with Gasteiger partial charge in [0.1, 0.15) is 12.3 Å². The second-order valence-corrected chi connectivity index (χ2v) is 7.92. The van der Waals surface area contributed by atoms with Gasteiger partial charge in [0, 0.05) is 11.6 Å². The monoisotopic (exact) mass is 433 g/mol. The summed E-state index contributed by atoms with van der Waals surface area (Å²) in [6.07, 6.45) is 1.35. The minimum Gasteiger partial charge on any atom is -0.457 e. The van der Waals surface area contributed by atoms with Crippen molar-refractivity contribution >= 4 is 25.1 Å².